The Balaban J connectivity index is 1.59. The highest BCUT2D eigenvalue weighted by molar-refractivity contribution is 5.53. The van der Waals surface area contributed by atoms with Crippen molar-refractivity contribution in [3.8, 4) is 17.2 Å². The fraction of sp³-hybridized carbons (Fsp3) is 0.450. The highest BCUT2D eigenvalue weighted by Gasteiger charge is 2.24. The summed E-state index contributed by atoms with van der Waals surface area (Å²) in [5, 5.41) is 0. The van der Waals surface area contributed by atoms with Gasteiger partial charge in [-0.05, 0) is 24.3 Å². The van der Waals surface area contributed by atoms with E-state index in [9.17, 15) is 0 Å². The summed E-state index contributed by atoms with van der Waals surface area (Å²) in [6, 6.07) is 10.3. The molecule has 140 valence electrons. The van der Waals surface area contributed by atoms with Crippen molar-refractivity contribution in [3.63, 3.8) is 0 Å². The van der Waals surface area contributed by atoms with Crippen molar-refractivity contribution in [2.75, 3.05) is 47.5 Å². The molecule has 0 radical (unpaired) electrons. The SMILES string of the molecule is COc1cc(C[NH+]2CC[NH+](Cc3ccccn3)CC2)cc(OC)c1OC. The Bertz CT molecular complexity index is 676. The topological polar surface area (TPSA) is 49.5 Å². The van der Waals surface area contributed by atoms with Gasteiger partial charge < -0.3 is 24.0 Å². The van der Waals surface area contributed by atoms with E-state index in [0.717, 1.165) is 50.8 Å². The van der Waals surface area contributed by atoms with Crippen LogP contribution >= 0.6 is 0 Å². The number of nitrogens with zero attached hydrogens (tertiary/aromatic N) is 1. The van der Waals surface area contributed by atoms with Gasteiger partial charge in [0.05, 0.1) is 27.0 Å². The molecule has 1 aliphatic rings. The van der Waals surface area contributed by atoms with Crippen LogP contribution in [0.25, 0.3) is 0 Å². The van der Waals surface area contributed by atoms with Gasteiger partial charge >= 0.3 is 0 Å². The van der Waals surface area contributed by atoms with Crippen LogP contribution < -0.4 is 24.0 Å². The molecule has 0 spiro atoms. The number of rotatable bonds is 7. The van der Waals surface area contributed by atoms with Gasteiger partial charge in [-0.3, -0.25) is 4.98 Å². The molecule has 0 aliphatic carbocycles. The third kappa shape index (κ3) is 4.45. The van der Waals surface area contributed by atoms with Crippen LogP contribution in [0.1, 0.15) is 11.3 Å². The van der Waals surface area contributed by atoms with Crippen molar-refractivity contribution >= 4 is 0 Å². The minimum Gasteiger partial charge on any atom is -0.493 e. The molecule has 6 heteroatoms. The Morgan fingerprint density at radius 3 is 1.96 bits per heavy atom. The number of benzene rings is 1. The second-order valence-electron chi connectivity index (χ2n) is 6.71. The van der Waals surface area contributed by atoms with Crippen LogP contribution in [0.2, 0.25) is 0 Å². The smallest absolute Gasteiger partial charge is 0.203 e. The number of ether oxygens (including phenoxy) is 3. The average Bonchev–Trinajstić information content (AvgIpc) is 2.69. The van der Waals surface area contributed by atoms with E-state index < -0.39 is 0 Å². The van der Waals surface area contributed by atoms with Crippen LogP contribution in [0, 0.1) is 0 Å². The third-order valence-electron chi connectivity index (χ3n) is 5.00. The molecule has 1 aliphatic heterocycles. The normalized spacial score (nSPS) is 19.8. The van der Waals surface area contributed by atoms with Crippen molar-refractivity contribution < 1.29 is 24.0 Å². The Hall–Kier alpha value is -2.31. The highest BCUT2D eigenvalue weighted by Crippen LogP contribution is 2.37. The molecule has 0 saturated carbocycles. The maximum absolute atomic E-state index is 5.47. The van der Waals surface area contributed by atoms with Gasteiger partial charge in [-0.2, -0.15) is 0 Å². The van der Waals surface area contributed by atoms with Crippen molar-refractivity contribution in [2.45, 2.75) is 13.1 Å². The zero-order valence-corrected chi connectivity index (χ0v) is 15.9. The van der Waals surface area contributed by atoms with Crippen LogP contribution in [0.4, 0.5) is 0 Å². The minimum absolute atomic E-state index is 0.651. The molecule has 1 fully saturated rings. The van der Waals surface area contributed by atoms with E-state index in [1.54, 1.807) is 31.1 Å². The van der Waals surface area contributed by atoms with E-state index in [4.69, 9.17) is 14.2 Å². The summed E-state index contributed by atoms with van der Waals surface area (Å²) in [7, 11) is 4.95. The van der Waals surface area contributed by atoms with Crippen LogP contribution in [-0.4, -0.2) is 52.5 Å². The van der Waals surface area contributed by atoms with E-state index >= 15 is 0 Å². The van der Waals surface area contributed by atoms with E-state index in [2.05, 4.69) is 29.2 Å². The molecule has 1 aromatic heterocycles. The molecule has 1 saturated heterocycles. The maximum atomic E-state index is 5.47. The molecule has 0 bridgehead atoms. The number of nitrogens with one attached hydrogen (secondary N) is 2. The van der Waals surface area contributed by atoms with Gasteiger partial charge in [0, 0.05) is 11.8 Å². The Morgan fingerprint density at radius 1 is 0.846 bits per heavy atom. The van der Waals surface area contributed by atoms with Crippen molar-refractivity contribution in [3.05, 3.63) is 47.8 Å². The summed E-state index contributed by atoms with van der Waals surface area (Å²) in [5.41, 5.74) is 2.39. The maximum Gasteiger partial charge on any atom is 0.203 e. The number of hydrogen-bond donors (Lipinski definition) is 2. The first-order valence-corrected chi connectivity index (χ1v) is 9.09. The molecule has 6 nitrogen and oxygen atoms in total. The summed E-state index contributed by atoms with van der Waals surface area (Å²) in [6.07, 6.45) is 1.88. The quantitative estimate of drug-likeness (QED) is 0.706. The molecule has 2 aromatic rings. The van der Waals surface area contributed by atoms with Gasteiger partial charge in [0.25, 0.3) is 0 Å². The number of aromatic nitrogens is 1. The third-order valence-corrected chi connectivity index (χ3v) is 5.00. The second kappa shape index (κ2) is 8.87. The number of quaternary nitrogens is 2. The summed E-state index contributed by atoms with van der Waals surface area (Å²) in [5.74, 6) is 2.10. The van der Waals surface area contributed by atoms with Crippen molar-refractivity contribution in [1.82, 2.24) is 4.98 Å². The summed E-state index contributed by atoms with van der Waals surface area (Å²) < 4.78 is 16.3. The summed E-state index contributed by atoms with van der Waals surface area (Å²) in [6.45, 7) is 6.61. The summed E-state index contributed by atoms with van der Waals surface area (Å²) in [4.78, 5) is 7.64. The van der Waals surface area contributed by atoms with Crippen molar-refractivity contribution in [2.24, 2.45) is 0 Å². The zero-order chi connectivity index (χ0) is 18.4. The zero-order valence-electron chi connectivity index (χ0n) is 15.9. The number of hydrogen-bond acceptors (Lipinski definition) is 4. The molecule has 26 heavy (non-hydrogen) atoms. The molecular formula is C20H29N3O3+2. The number of methoxy groups -OCH3 is 3. The van der Waals surface area contributed by atoms with Crippen LogP contribution in [0.15, 0.2) is 36.5 Å². The lowest BCUT2D eigenvalue weighted by Gasteiger charge is -2.29. The minimum atomic E-state index is 0.651. The standard InChI is InChI=1S/C20H27N3O3/c1-24-18-12-16(13-19(25-2)20(18)26-3)14-22-8-10-23(11-9-22)15-17-6-4-5-7-21-17/h4-7,12-13H,8-11,14-15H2,1-3H3/p+2. The van der Waals surface area contributed by atoms with E-state index in [0.29, 0.717) is 5.75 Å². The molecule has 2 N–H and O–H groups in total. The number of piperazine rings is 1. The van der Waals surface area contributed by atoms with Gasteiger partial charge in [0.2, 0.25) is 5.75 Å². The lowest BCUT2D eigenvalue weighted by Crippen LogP contribution is -3.27. The van der Waals surface area contributed by atoms with Gasteiger partial charge in [-0.25, -0.2) is 0 Å². The lowest BCUT2D eigenvalue weighted by atomic mass is 10.1. The first-order valence-electron chi connectivity index (χ1n) is 9.09. The van der Waals surface area contributed by atoms with Crippen LogP contribution in [0.3, 0.4) is 0 Å². The summed E-state index contributed by atoms with van der Waals surface area (Å²) >= 11 is 0. The largest absolute Gasteiger partial charge is 0.493 e. The molecular weight excluding hydrogens is 330 g/mol. The van der Waals surface area contributed by atoms with Gasteiger partial charge in [0.1, 0.15) is 39.3 Å². The molecule has 0 atom stereocenters. The monoisotopic (exact) mass is 359 g/mol. The fourth-order valence-electron chi connectivity index (χ4n) is 3.60. The highest BCUT2D eigenvalue weighted by atomic mass is 16.5. The Kier molecular flexibility index (Phi) is 6.30. The average molecular weight is 359 g/mol. The van der Waals surface area contributed by atoms with Crippen molar-refractivity contribution in [1.29, 1.82) is 0 Å². The predicted molar refractivity (Wildman–Crippen MR) is 99.1 cm³/mol. The number of pyridine rings is 1. The second-order valence-corrected chi connectivity index (χ2v) is 6.71. The van der Waals surface area contributed by atoms with Crippen LogP contribution in [0.5, 0.6) is 17.2 Å². The molecule has 1 aromatic carbocycles. The fourth-order valence-corrected chi connectivity index (χ4v) is 3.60. The molecule has 3 rings (SSSR count). The van der Waals surface area contributed by atoms with E-state index in [-0.39, 0.29) is 0 Å². The van der Waals surface area contributed by atoms with Gasteiger partial charge in [0.15, 0.2) is 11.5 Å². The first kappa shape index (κ1) is 18.5. The van der Waals surface area contributed by atoms with E-state index in [1.807, 2.05) is 12.3 Å². The lowest BCUT2D eigenvalue weighted by molar-refractivity contribution is -1.02. The first-order chi connectivity index (χ1) is 12.7. The Morgan fingerprint density at radius 2 is 1.46 bits per heavy atom. The molecule has 0 unspecified atom stereocenters. The van der Waals surface area contributed by atoms with E-state index in [1.165, 1.54) is 11.3 Å². The molecule has 0 amide bonds. The molecule has 2 heterocycles. The van der Waals surface area contributed by atoms with Gasteiger partial charge in [-0.15, -0.1) is 0 Å². The van der Waals surface area contributed by atoms with Gasteiger partial charge in [-0.1, -0.05) is 6.07 Å². The predicted octanol–water partition coefficient (Wildman–Crippen LogP) is -0.409. The van der Waals surface area contributed by atoms with Crippen LogP contribution in [-0.2, 0) is 13.1 Å². The Labute approximate surface area is 155 Å².